The van der Waals surface area contributed by atoms with Crippen molar-refractivity contribution in [1.82, 2.24) is 4.98 Å². The summed E-state index contributed by atoms with van der Waals surface area (Å²) < 4.78 is 12.9. The van der Waals surface area contributed by atoms with E-state index in [9.17, 15) is 4.39 Å². The van der Waals surface area contributed by atoms with Gasteiger partial charge in [0.1, 0.15) is 11.9 Å². The molecule has 0 atom stereocenters. The Bertz CT molecular complexity index is 546. The SMILES string of the molecule is N#Cc1cc(F)ccc1NCc1ccccn1. The number of nitriles is 1. The highest BCUT2D eigenvalue weighted by molar-refractivity contribution is 5.57. The summed E-state index contributed by atoms with van der Waals surface area (Å²) in [6.45, 7) is 0.501. The van der Waals surface area contributed by atoms with E-state index >= 15 is 0 Å². The number of pyridine rings is 1. The average molecular weight is 227 g/mol. The molecule has 0 unspecified atom stereocenters. The molecule has 1 N–H and O–H groups in total. The normalized spacial score (nSPS) is 9.65. The molecular formula is C13H10FN3. The van der Waals surface area contributed by atoms with Crippen molar-refractivity contribution in [2.75, 3.05) is 5.32 Å². The molecule has 1 aromatic carbocycles. The van der Waals surface area contributed by atoms with Gasteiger partial charge >= 0.3 is 0 Å². The second kappa shape index (κ2) is 5.08. The Balaban J connectivity index is 2.12. The molecule has 4 heteroatoms. The summed E-state index contributed by atoms with van der Waals surface area (Å²) in [5.41, 5.74) is 1.76. The zero-order valence-electron chi connectivity index (χ0n) is 9.02. The Morgan fingerprint density at radius 1 is 1.29 bits per heavy atom. The van der Waals surface area contributed by atoms with E-state index < -0.39 is 5.82 Å². The first-order chi connectivity index (χ1) is 8.29. The number of aromatic nitrogens is 1. The molecule has 0 saturated carbocycles. The van der Waals surface area contributed by atoms with Gasteiger partial charge in [-0.1, -0.05) is 6.07 Å². The lowest BCUT2D eigenvalue weighted by atomic mass is 10.2. The second-order valence-electron chi connectivity index (χ2n) is 3.48. The molecule has 0 radical (unpaired) electrons. The minimum absolute atomic E-state index is 0.293. The van der Waals surface area contributed by atoms with Gasteiger partial charge in [0.2, 0.25) is 0 Å². The molecule has 0 spiro atoms. The Hall–Kier alpha value is -2.41. The van der Waals surface area contributed by atoms with Crippen molar-refractivity contribution in [3.63, 3.8) is 0 Å². The molecule has 0 bridgehead atoms. The van der Waals surface area contributed by atoms with E-state index in [-0.39, 0.29) is 0 Å². The van der Waals surface area contributed by atoms with Gasteiger partial charge in [-0.2, -0.15) is 5.26 Å². The van der Waals surface area contributed by atoms with Crippen LogP contribution in [0, 0.1) is 17.1 Å². The van der Waals surface area contributed by atoms with Gasteiger partial charge in [-0.05, 0) is 30.3 Å². The molecule has 3 nitrogen and oxygen atoms in total. The average Bonchev–Trinajstić information content (AvgIpc) is 2.38. The number of hydrogen-bond donors (Lipinski definition) is 1. The smallest absolute Gasteiger partial charge is 0.124 e. The van der Waals surface area contributed by atoms with Crippen LogP contribution in [-0.2, 0) is 6.54 Å². The van der Waals surface area contributed by atoms with Gasteiger partial charge < -0.3 is 5.32 Å². The predicted octanol–water partition coefficient (Wildman–Crippen LogP) is 2.70. The third-order valence-corrected chi connectivity index (χ3v) is 2.29. The lowest BCUT2D eigenvalue weighted by Crippen LogP contribution is -2.02. The maximum Gasteiger partial charge on any atom is 0.124 e. The minimum atomic E-state index is -0.412. The van der Waals surface area contributed by atoms with Gasteiger partial charge in [0.05, 0.1) is 23.5 Å². The molecule has 0 amide bonds. The highest BCUT2D eigenvalue weighted by atomic mass is 19.1. The maximum absolute atomic E-state index is 12.9. The molecular weight excluding hydrogens is 217 g/mol. The molecule has 0 saturated heterocycles. The Kier molecular flexibility index (Phi) is 3.31. The van der Waals surface area contributed by atoms with Gasteiger partial charge in [-0.15, -0.1) is 0 Å². The van der Waals surface area contributed by atoms with Crippen LogP contribution in [0.2, 0.25) is 0 Å². The number of rotatable bonds is 3. The standard InChI is InChI=1S/C13H10FN3/c14-11-4-5-13(10(7-11)8-15)17-9-12-3-1-2-6-16-12/h1-7,17H,9H2. The fourth-order valence-electron chi connectivity index (χ4n) is 1.45. The summed E-state index contributed by atoms with van der Waals surface area (Å²) in [7, 11) is 0. The van der Waals surface area contributed by atoms with Crippen molar-refractivity contribution < 1.29 is 4.39 Å². The van der Waals surface area contributed by atoms with Gasteiger partial charge in [-0.25, -0.2) is 4.39 Å². The molecule has 84 valence electrons. The van der Waals surface area contributed by atoms with Crippen molar-refractivity contribution in [1.29, 1.82) is 5.26 Å². The third kappa shape index (κ3) is 2.79. The van der Waals surface area contributed by atoms with Crippen molar-refractivity contribution in [3.05, 3.63) is 59.7 Å². The summed E-state index contributed by atoms with van der Waals surface area (Å²) in [6, 6.07) is 11.6. The van der Waals surface area contributed by atoms with E-state index in [1.165, 1.54) is 12.1 Å². The lowest BCUT2D eigenvalue weighted by Gasteiger charge is -2.07. The molecule has 2 rings (SSSR count). The van der Waals surface area contributed by atoms with E-state index in [1.807, 2.05) is 24.3 Å². The molecule has 0 aliphatic carbocycles. The van der Waals surface area contributed by atoms with Gasteiger partial charge in [0, 0.05) is 6.20 Å². The summed E-state index contributed by atoms with van der Waals surface area (Å²) in [5.74, 6) is -0.412. The van der Waals surface area contributed by atoms with Crippen molar-refractivity contribution in [3.8, 4) is 6.07 Å². The van der Waals surface area contributed by atoms with Crippen LogP contribution in [0.5, 0.6) is 0 Å². The largest absolute Gasteiger partial charge is 0.378 e. The Morgan fingerprint density at radius 2 is 2.18 bits per heavy atom. The van der Waals surface area contributed by atoms with E-state index in [4.69, 9.17) is 5.26 Å². The first-order valence-electron chi connectivity index (χ1n) is 5.13. The molecule has 17 heavy (non-hydrogen) atoms. The Labute approximate surface area is 98.5 Å². The van der Waals surface area contributed by atoms with E-state index in [1.54, 1.807) is 12.3 Å². The Morgan fingerprint density at radius 3 is 2.88 bits per heavy atom. The second-order valence-corrected chi connectivity index (χ2v) is 3.48. The molecule has 0 aliphatic rings. The molecule has 1 aromatic heterocycles. The highest BCUT2D eigenvalue weighted by Crippen LogP contribution is 2.16. The number of benzene rings is 1. The predicted molar refractivity (Wildman–Crippen MR) is 62.7 cm³/mol. The summed E-state index contributed by atoms with van der Waals surface area (Å²) >= 11 is 0. The number of nitrogens with one attached hydrogen (secondary N) is 1. The zero-order chi connectivity index (χ0) is 12.1. The van der Waals surface area contributed by atoms with Crippen LogP contribution in [-0.4, -0.2) is 4.98 Å². The number of hydrogen-bond acceptors (Lipinski definition) is 3. The van der Waals surface area contributed by atoms with Crippen molar-refractivity contribution in [2.45, 2.75) is 6.54 Å². The number of halogens is 1. The van der Waals surface area contributed by atoms with Crippen molar-refractivity contribution >= 4 is 5.69 Å². The number of anilines is 1. The van der Waals surface area contributed by atoms with Gasteiger partial charge in [0.25, 0.3) is 0 Å². The van der Waals surface area contributed by atoms with Gasteiger partial charge in [0.15, 0.2) is 0 Å². The minimum Gasteiger partial charge on any atom is -0.378 e. The van der Waals surface area contributed by atoms with Crippen LogP contribution in [0.3, 0.4) is 0 Å². The highest BCUT2D eigenvalue weighted by Gasteiger charge is 2.03. The van der Waals surface area contributed by atoms with Crippen LogP contribution in [0.4, 0.5) is 10.1 Å². The van der Waals surface area contributed by atoms with E-state index in [0.717, 1.165) is 5.69 Å². The topological polar surface area (TPSA) is 48.7 Å². The monoisotopic (exact) mass is 227 g/mol. The summed E-state index contributed by atoms with van der Waals surface area (Å²) in [6.07, 6.45) is 1.70. The van der Waals surface area contributed by atoms with Crippen molar-refractivity contribution in [2.24, 2.45) is 0 Å². The maximum atomic E-state index is 12.9. The first kappa shape index (κ1) is 11.1. The fourth-order valence-corrected chi connectivity index (χ4v) is 1.45. The molecule has 1 heterocycles. The quantitative estimate of drug-likeness (QED) is 0.877. The van der Waals surface area contributed by atoms with Crippen LogP contribution >= 0.6 is 0 Å². The van der Waals surface area contributed by atoms with Gasteiger partial charge in [-0.3, -0.25) is 4.98 Å². The zero-order valence-corrected chi connectivity index (χ0v) is 9.02. The molecule has 2 aromatic rings. The molecule has 0 fully saturated rings. The van der Waals surface area contributed by atoms with Crippen LogP contribution in [0.1, 0.15) is 11.3 Å². The van der Waals surface area contributed by atoms with Crippen LogP contribution in [0.15, 0.2) is 42.6 Å². The van der Waals surface area contributed by atoms with Crippen LogP contribution < -0.4 is 5.32 Å². The third-order valence-electron chi connectivity index (χ3n) is 2.29. The van der Waals surface area contributed by atoms with Crippen LogP contribution in [0.25, 0.3) is 0 Å². The lowest BCUT2D eigenvalue weighted by molar-refractivity contribution is 0.627. The van der Waals surface area contributed by atoms with E-state index in [0.29, 0.717) is 17.8 Å². The van der Waals surface area contributed by atoms with E-state index in [2.05, 4.69) is 10.3 Å². The fraction of sp³-hybridized carbons (Fsp3) is 0.0769. The number of nitrogens with zero attached hydrogens (tertiary/aromatic N) is 2. The molecule has 0 aliphatic heterocycles. The summed E-state index contributed by atoms with van der Waals surface area (Å²) in [4.78, 5) is 4.15. The summed E-state index contributed by atoms with van der Waals surface area (Å²) in [5, 5.41) is 11.9. The first-order valence-corrected chi connectivity index (χ1v) is 5.13.